The summed E-state index contributed by atoms with van der Waals surface area (Å²) in [6, 6.07) is 0. The summed E-state index contributed by atoms with van der Waals surface area (Å²) in [7, 11) is 0. The van der Waals surface area contributed by atoms with Gasteiger partial charge in [-0.3, -0.25) is 19.4 Å². The van der Waals surface area contributed by atoms with E-state index in [1.807, 2.05) is 57.8 Å². The van der Waals surface area contributed by atoms with E-state index < -0.39 is 5.97 Å². The third-order valence-corrected chi connectivity index (χ3v) is 4.60. The average Bonchev–Trinajstić information content (AvgIpc) is 3.41. The van der Waals surface area contributed by atoms with E-state index in [1.54, 1.807) is 4.90 Å². The van der Waals surface area contributed by atoms with Crippen LogP contribution in [0.25, 0.3) is 0 Å². The molecule has 3 fully saturated rings. The van der Waals surface area contributed by atoms with Crippen LogP contribution in [0.5, 0.6) is 0 Å². The largest absolute Gasteiger partial charge is 2.00 e. The number of carboxylic acid groups (broad SMARTS) is 1. The van der Waals surface area contributed by atoms with E-state index in [0.717, 1.165) is 6.54 Å². The normalized spacial score (nSPS) is 21.9. The Bertz CT molecular complexity index is 538. The van der Waals surface area contributed by atoms with Crippen LogP contribution in [0.4, 0.5) is 0 Å². The molecule has 2 N–H and O–H groups in total. The third-order valence-electron chi connectivity index (χ3n) is 4.60. The van der Waals surface area contributed by atoms with Crippen molar-refractivity contribution in [2.24, 2.45) is 0 Å². The molecule has 2 saturated carbocycles. The predicted molar refractivity (Wildman–Crippen MR) is 110 cm³/mol. The number of aliphatic carboxylic acids is 1. The molecule has 2 amide bonds. The van der Waals surface area contributed by atoms with Gasteiger partial charge < -0.3 is 20.5 Å². The van der Waals surface area contributed by atoms with E-state index in [9.17, 15) is 19.5 Å². The molecule has 10 heteroatoms. The van der Waals surface area contributed by atoms with Crippen LogP contribution < -0.4 is 45.3 Å². The van der Waals surface area contributed by atoms with Crippen molar-refractivity contribution < 1.29 is 66.1 Å². The minimum Gasteiger partial charge on any atom is -0.549 e. The zero-order valence-electron chi connectivity index (χ0n) is 18.4. The van der Waals surface area contributed by atoms with Gasteiger partial charge in [0.1, 0.15) is 6.42 Å². The summed E-state index contributed by atoms with van der Waals surface area (Å²) in [5.74, 6) is -0.649. The van der Waals surface area contributed by atoms with Crippen LogP contribution in [-0.4, -0.2) is 79.9 Å². The Labute approximate surface area is 225 Å². The van der Waals surface area contributed by atoms with Crippen molar-refractivity contribution in [3.05, 3.63) is 63.7 Å². The summed E-state index contributed by atoms with van der Waals surface area (Å²) in [4.78, 5) is 38.2. The Morgan fingerprint density at radius 3 is 1.78 bits per heavy atom. The van der Waals surface area contributed by atoms with E-state index in [4.69, 9.17) is 0 Å². The van der Waals surface area contributed by atoms with Gasteiger partial charge in [0.2, 0.25) is 11.8 Å². The van der Waals surface area contributed by atoms with Crippen LogP contribution in [0.1, 0.15) is 6.42 Å². The van der Waals surface area contributed by atoms with Gasteiger partial charge in [0.25, 0.3) is 0 Å². The van der Waals surface area contributed by atoms with E-state index in [-0.39, 0.29) is 71.4 Å². The van der Waals surface area contributed by atoms with Gasteiger partial charge in [-0.05, 0) is 63.7 Å². The van der Waals surface area contributed by atoms with Crippen molar-refractivity contribution in [2.75, 3.05) is 52.4 Å². The summed E-state index contributed by atoms with van der Waals surface area (Å²) in [5.41, 5.74) is 0. The number of carboxylic acids is 1. The van der Waals surface area contributed by atoms with Crippen LogP contribution in [-0.2, 0) is 31.5 Å². The number of hydrogen-bond acceptors (Lipinski definition) is 6. The van der Waals surface area contributed by atoms with Crippen LogP contribution in [0.2, 0.25) is 0 Å². The topological polar surface area (TPSA) is 105 Å². The standard InChI is InChI=1S/C17H25N4O4.C5H5.Fe.Na/c22-15-11-16(23)19-6-8-21(13-17(24)25)10-9-20(7-5-18-15)12-14-3-1-2-4-14;1-2-4-5-3-1;;/h1-4H,5-13H2,(H,18,22)(H,19,23)(H,24,25);1-5H;;/q;;+2;+1/p-1. The van der Waals surface area contributed by atoms with Crippen molar-refractivity contribution in [1.82, 2.24) is 20.4 Å². The molecule has 3 rings (SSSR count). The second-order valence-corrected chi connectivity index (χ2v) is 7.06. The van der Waals surface area contributed by atoms with E-state index >= 15 is 0 Å². The fraction of sp³-hybridized carbons (Fsp3) is 0.409. The SMILES string of the molecule is O=C([O-])CN1CCNC(=O)CC(=O)NCCN(C[C]2[CH][CH][CH][CH]2)CC1.[CH]1[CH][CH][CH][CH]1.[Fe+2].[Na+]. The maximum Gasteiger partial charge on any atom is 2.00 e. The van der Waals surface area contributed by atoms with Gasteiger partial charge in [-0.1, -0.05) is 0 Å². The first-order valence-electron chi connectivity index (χ1n) is 10.1. The zero-order chi connectivity index (χ0) is 21.6. The smallest absolute Gasteiger partial charge is 0.549 e. The Morgan fingerprint density at radius 2 is 1.28 bits per heavy atom. The molecule has 0 bridgehead atoms. The molecule has 0 aromatic heterocycles. The molecule has 0 unspecified atom stereocenters. The quantitative estimate of drug-likeness (QED) is 0.303. The summed E-state index contributed by atoms with van der Waals surface area (Å²) in [6.45, 7) is 3.48. The van der Waals surface area contributed by atoms with E-state index in [2.05, 4.69) is 15.5 Å². The van der Waals surface area contributed by atoms with Crippen molar-refractivity contribution in [3.63, 3.8) is 0 Å². The van der Waals surface area contributed by atoms with Crippen LogP contribution >= 0.6 is 0 Å². The maximum atomic E-state index is 11.7. The third kappa shape index (κ3) is 14.9. The fourth-order valence-corrected chi connectivity index (χ4v) is 3.08. The molecule has 0 aromatic rings. The summed E-state index contributed by atoms with van der Waals surface area (Å²) in [6.07, 6.45) is 17.8. The van der Waals surface area contributed by atoms with Gasteiger partial charge in [0, 0.05) is 52.4 Å². The Balaban J connectivity index is 0.00000121. The molecule has 0 spiro atoms. The molecule has 10 radical (unpaired) electrons. The number of hydrogen-bond donors (Lipinski definition) is 2. The zero-order valence-corrected chi connectivity index (χ0v) is 21.5. The first-order valence-corrected chi connectivity index (χ1v) is 10.1. The van der Waals surface area contributed by atoms with Crippen molar-refractivity contribution in [2.45, 2.75) is 6.42 Å². The van der Waals surface area contributed by atoms with Gasteiger partial charge >= 0.3 is 46.6 Å². The van der Waals surface area contributed by atoms with Gasteiger partial charge in [-0.25, -0.2) is 0 Å². The Morgan fingerprint density at radius 1 is 0.812 bits per heavy atom. The predicted octanol–water partition coefficient (Wildman–Crippen LogP) is -4.60. The molecule has 0 atom stereocenters. The molecule has 1 heterocycles. The van der Waals surface area contributed by atoms with Gasteiger partial charge in [0.05, 0.1) is 5.97 Å². The second kappa shape index (κ2) is 19.2. The Hall–Kier alpha value is -0.151. The van der Waals surface area contributed by atoms with Gasteiger partial charge in [-0.15, -0.1) is 0 Å². The molecule has 1 saturated heterocycles. The second-order valence-electron chi connectivity index (χ2n) is 7.06. The molecule has 168 valence electrons. The molecule has 8 nitrogen and oxygen atoms in total. The molecular formula is C22H29FeN4NaO4+2. The van der Waals surface area contributed by atoms with Gasteiger partial charge in [0.15, 0.2) is 0 Å². The number of amides is 2. The van der Waals surface area contributed by atoms with E-state index in [1.165, 1.54) is 5.92 Å². The summed E-state index contributed by atoms with van der Waals surface area (Å²) in [5, 5.41) is 16.3. The summed E-state index contributed by atoms with van der Waals surface area (Å²) >= 11 is 0. The van der Waals surface area contributed by atoms with Crippen molar-refractivity contribution in [1.29, 1.82) is 0 Å². The van der Waals surface area contributed by atoms with Crippen LogP contribution in [0.3, 0.4) is 0 Å². The maximum absolute atomic E-state index is 11.7. The molecule has 2 aliphatic carbocycles. The molecule has 0 aromatic carbocycles. The fourth-order valence-electron chi connectivity index (χ4n) is 3.08. The monoisotopic (exact) mass is 492 g/mol. The minimum atomic E-state index is -1.14. The molecule has 32 heavy (non-hydrogen) atoms. The van der Waals surface area contributed by atoms with Crippen LogP contribution in [0.15, 0.2) is 0 Å². The molecule has 1 aliphatic heterocycles. The molecule has 3 aliphatic rings. The number of nitrogens with zero attached hydrogens (tertiary/aromatic N) is 2. The number of nitrogens with one attached hydrogen (secondary N) is 2. The van der Waals surface area contributed by atoms with Crippen molar-refractivity contribution >= 4 is 17.8 Å². The average molecular weight is 492 g/mol. The first kappa shape index (κ1) is 31.8. The van der Waals surface area contributed by atoms with E-state index in [0.29, 0.717) is 39.3 Å². The van der Waals surface area contributed by atoms with Gasteiger partial charge in [-0.2, -0.15) is 0 Å². The Kier molecular flexibility index (Phi) is 19.1. The molecular weight excluding hydrogens is 463 g/mol. The first-order chi connectivity index (χ1) is 14.5. The summed E-state index contributed by atoms with van der Waals surface area (Å²) < 4.78 is 0. The number of carbonyl (C=O) groups is 3. The minimum absolute atomic E-state index is 0. The van der Waals surface area contributed by atoms with Crippen LogP contribution in [0, 0.1) is 63.7 Å². The van der Waals surface area contributed by atoms with Crippen molar-refractivity contribution in [3.8, 4) is 0 Å². The number of rotatable bonds is 4. The number of carbonyl (C=O) groups excluding carboxylic acids is 3.